The van der Waals surface area contributed by atoms with Gasteiger partial charge in [0.2, 0.25) is 0 Å². The first kappa shape index (κ1) is 17.4. The highest BCUT2D eigenvalue weighted by Gasteiger charge is 2.15. The van der Waals surface area contributed by atoms with Crippen molar-refractivity contribution in [2.24, 2.45) is 5.92 Å². The summed E-state index contributed by atoms with van der Waals surface area (Å²) in [7, 11) is 0. The maximum Gasteiger partial charge on any atom is 0.320 e. The molecule has 7 nitrogen and oxygen atoms in total. The molecule has 2 heterocycles. The molecule has 7 heteroatoms. The highest BCUT2D eigenvalue weighted by atomic mass is 16.5. The summed E-state index contributed by atoms with van der Waals surface area (Å²) >= 11 is 0. The molecule has 25 heavy (non-hydrogen) atoms. The molecule has 1 fully saturated rings. The first-order valence-corrected chi connectivity index (χ1v) is 8.59. The second kappa shape index (κ2) is 8.13. The van der Waals surface area contributed by atoms with Crippen LogP contribution in [0.25, 0.3) is 5.69 Å². The molecule has 2 amide bonds. The van der Waals surface area contributed by atoms with E-state index in [1.807, 2.05) is 44.2 Å². The molecule has 2 aromatic rings. The summed E-state index contributed by atoms with van der Waals surface area (Å²) in [6.07, 6.45) is 0. The molecule has 1 aromatic heterocycles. The van der Waals surface area contributed by atoms with E-state index < -0.39 is 0 Å². The number of rotatable bonds is 4. The number of hydrogen-bond acceptors (Lipinski definition) is 4. The van der Waals surface area contributed by atoms with Gasteiger partial charge < -0.3 is 15.4 Å². The Kier molecular flexibility index (Phi) is 5.67. The van der Waals surface area contributed by atoms with E-state index >= 15 is 0 Å². The molecule has 0 aliphatic carbocycles. The van der Waals surface area contributed by atoms with E-state index in [0.717, 1.165) is 36.6 Å². The SMILES string of the molecule is Cc1cc(NC(=O)NC[C@H]2CNCCOC2)n(-c2ccccc2C)n1. The third-order valence-corrected chi connectivity index (χ3v) is 4.18. The van der Waals surface area contributed by atoms with Gasteiger partial charge in [-0.05, 0) is 25.5 Å². The largest absolute Gasteiger partial charge is 0.380 e. The van der Waals surface area contributed by atoms with Crippen LogP contribution in [0, 0.1) is 19.8 Å². The fourth-order valence-electron chi connectivity index (χ4n) is 2.86. The van der Waals surface area contributed by atoms with Crippen LogP contribution in [-0.2, 0) is 4.74 Å². The number of nitrogens with one attached hydrogen (secondary N) is 3. The minimum atomic E-state index is -0.237. The van der Waals surface area contributed by atoms with Crippen LogP contribution in [0.1, 0.15) is 11.3 Å². The van der Waals surface area contributed by atoms with Crippen molar-refractivity contribution in [1.29, 1.82) is 0 Å². The Balaban J connectivity index is 1.64. The normalized spacial score (nSPS) is 17.8. The first-order valence-electron chi connectivity index (χ1n) is 8.59. The van der Waals surface area contributed by atoms with Gasteiger partial charge in [-0.1, -0.05) is 18.2 Å². The van der Waals surface area contributed by atoms with Crippen molar-refractivity contribution < 1.29 is 9.53 Å². The highest BCUT2D eigenvalue weighted by molar-refractivity contribution is 5.88. The number of para-hydroxylation sites is 1. The van der Waals surface area contributed by atoms with E-state index in [1.54, 1.807) is 4.68 Å². The Morgan fingerprint density at radius 2 is 2.24 bits per heavy atom. The van der Waals surface area contributed by atoms with Crippen molar-refractivity contribution in [1.82, 2.24) is 20.4 Å². The number of carbonyl (C=O) groups excluding carboxylic acids is 1. The smallest absolute Gasteiger partial charge is 0.320 e. The third-order valence-electron chi connectivity index (χ3n) is 4.18. The van der Waals surface area contributed by atoms with Crippen molar-refractivity contribution in [2.75, 3.05) is 38.2 Å². The molecule has 3 N–H and O–H groups in total. The van der Waals surface area contributed by atoms with Crippen LogP contribution in [-0.4, -0.2) is 48.7 Å². The van der Waals surface area contributed by atoms with Crippen molar-refractivity contribution in [3.05, 3.63) is 41.6 Å². The van der Waals surface area contributed by atoms with Gasteiger partial charge in [0.05, 0.1) is 24.6 Å². The summed E-state index contributed by atoms with van der Waals surface area (Å²) < 4.78 is 7.27. The first-order chi connectivity index (χ1) is 12.1. The van der Waals surface area contributed by atoms with E-state index in [4.69, 9.17) is 4.74 Å². The number of urea groups is 1. The minimum Gasteiger partial charge on any atom is -0.380 e. The molecule has 0 saturated carbocycles. The molecule has 0 unspecified atom stereocenters. The number of aromatic nitrogens is 2. The van der Waals surface area contributed by atoms with Gasteiger partial charge in [-0.25, -0.2) is 9.48 Å². The summed E-state index contributed by atoms with van der Waals surface area (Å²) in [5.74, 6) is 0.927. The lowest BCUT2D eigenvalue weighted by Crippen LogP contribution is -2.37. The van der Waals surface area contributed by atoms with Gasteiger partial charge in [-0.3, -0.25) is 5.32 Å². The van der Waals surface area contributed by atoms with Gasteiger partial charge >= 0.3 is 6.03 Å². The Bertz CT molecular complexity index is 720. The molecule has 1 aromatic carbocycles. The zero-order valence-electron chi connectivity index (χ0n) is 14.7. The van der Waals surface area contributed by atoms with Crippen molar-refractivity contribution in [3.8, 4) is 5.69 Å². The second-order valence-electron chi connectivity index (χ2n) is 6.35. The van der Waals surface area contributed by atoms with Crippen molar-refractivity contribution >= 4 is 11.8 Å². The van der Waals surface area contributed by atoms with Gasteiger partial charge in [-0.15, -0.1) is 0 Å². The number of hydrogen-bond donors (Lipinski definition) is 3. The quantitative estimate of drug-likeness (QED) is 0.791. The number of ether oxygens (including phenoxy) is 1. The fourth-order valence-corrected chi connectivity index (χ4v) is 2.86. The molecule has 0 radical (unpaired) electrons. The summed E-state index contributed by atoms with van der Waals surface area (Å²) in [6, 6.07) is 9.58. The third kappa shape index (κ3) is 4.58. The predicted molar refractivity (Wildman–Crippen MR) is 97.2 cm³/mol. The minimum absolute atomic E-state index is 0.237. The van der Waals surface area contributed by atoms with Crippen LogP contribution in [0.4, 0.5) is 10.6 Å². The monoisotopic (exact) mass is 343 g/mol. The molecule has 134 valence electrons. The van der Waals surface area contributed by atoms with Gasteiger partial charge in [0.15, 0.2) is 0 Å². The predicted octanol–water partition coefficient (Wildman–Crippen LogP) is 1.85. The van der Waals surface area contributed by atoms with Crippen LogP contribution in [0.15, 0.2) is 30.3 Å². The average molecular weight is 343 g/mol. The average Bonchev–Trinajstić information content (AvgIpc) is 2.80. The molecule has 0 bridgehead atoms. The van der Waals surface area contributed by atoms with Gasteiger partial charge in [0, 0.05) is 31.6 Å². The lowest BCUT2D eigenvalue weighted by atomic mass is 10.1. The Labute approximate surface area is 147 Å². The van der Waals surface area contributed by atoms with Crippen molar-refractivity contribution in [3.63, 3.8) is 0 Å². The Morgan fingerprint density at radius 3 is 3.08 bits per heavy atom. The molecule has 1 atom stereocenters. The summed E-state index contributed by atoms with van der Waals surface area (Å²) in [6.45, 7) is 7.58. The van der Waals surface area contributed by atoms with Crippen LogP contribution in [0.3, 0.4) is 0 Å². The number of anilines is 1. The molecule has 1 aliphatic heterocycles. The molecular weight excluding hydrogens is 318 g/mol. The van der Waals surface area contributed by atoms with Crippen LogP contribution in [0.2, 0.25) is 0 Å². The zero-order valence-corrected chi connectivity index (χ0v) is 14.7. The van der Waals surface area contributed by atoms with Crippen LogP contribution >= 0.6 is 0 Å². The molecule has 1 aliphatic rings. The van der Waals surface area contributed by atoms with Crippen LogP contribution in [0.5, 0.6) is 0 Å². The maximum atomic E-state index is 12.3. The lowest BCUT2D eigenvalue weighted by molar-refractivity contribution is 0.123. The number of carbonyl (C=O) groups is 1. The van der Waals surface area contributed by atoms with E-state index in [9.17, 15) is 4.79 Å². The highest BCUT2D eigenvalue weighted by Crippen LogP contribution is 2.19. The van der Waals surface area contributed by atoms with Gasteiger partial charge in [0.25, 0.3) is 0 Å². The van der Waals surface area contributed by atoms with Gasteiger partial charge in [0.1, 0.15) is 5.82 Å². The van der Waals surface area contributed by atoms with Gasteiger partial charge in [-0.2, -0.15) is 5.10 Å². The second-order valence-corrected chi connectivity index (χ2v) is 6.35. The van der Waals surface area contributed by atoms with E-state index in [-0.39, 0.29) is 11.9 Å². The topological polar surface area (TPSA) is 80.2 Å². The van der Waals surface area contributed by atoms with E-state index in [0.29, 0.717) is 19.0 Å². The lowest BCUT2D eigenvalue weighted by Gasteiger charge is -2.15. The van der Waals surface area contributed by atoms with Crippen LogP contribution < -0.4 is 16.0 Å². The number of benzene rings is 1. The zero-order chi connectivity index (χ0) is 17.6. The Morgan fingerprint density at radius 1 is 1.40 bits per heavy atom. The maximum absolute atomic E-state index is 12.3. The molecule has 1 saturated heterocycles. The number of nitrogens with zero attached hydrogens (tertiary/aromatic N) is 2. The molecular formula is C18H25N5O2. The van der Waals surface area contributed by atoms with Crippen molar-refractivity contribution in [2.45, 2.75) is 13.8 Å². The Hall–Kier alpha value is -2.38. The molecule has 3 rings (SSSR count). The fraction of sp³-hybridized carbons (Fsp3) is 0.444. The number of amides is 2. The summed E-state index contributed by atoms with van der Waals surface area (Å²) in [5.41, 5.74) is 2.89. The number of aryl methyl sites for hydroxylation is 2. The molecule has 0 spiro atoms. The summed E-state index contributed by atoms with van der Waals surface area (Å²) in [5, 5.41) is 13.6. The van der Waals surface area contributed by atoms with E-state index in [2.05, 4.69) is 21.0 Å². The standard InChI is InChI=1S/C18H25N5O2/c1-13-5-3-4-6-16(13)23-17(9-14(2)22-23)21-18(24)20-11-15-10-19-7-8-25-12-15/h3-6,9,15,19H,7-8,10-12H2,1-2H3,(H2,20,21,24)/t15-/m1/s1. The summed E-state index contributed by atoms with van der Waals surface area (Å²) in [4.78, 5) is 12.3. The van der Waals surface area contributed by atoms with E-state index in [1.165, 1.54) is 0 Å².